The van der Waals surface area contributed by atoms with Crippen LogP contribution >= 0.6 is 11.6 Å². The standard InChI is InChI=1S/C11H11ClF2O3/c1-5(11(15)16)3-6-4-7(12)9(14)10(17-2)8(6)13/h4-5H,3H2,1-2H3,(H,15,16). The first-order valence-electron chi connectivity index (χ1n) is 4.81. The lowest BCUT2D eigenvalue weighted by Gasteiger charge is -2.12. The molecule has 0 aliphatic heterocycles. The summed E-state index contributed by atoms with van der Waals surface area (Å²) in [5.41, 5.74) is 0.0168. The van der Waals surface area contributed by atoms with Crippen molar-refractivity contribution in [3.8, 4) is 5.75 Å². The van der Waals surface area contributed by atoms with E-state index >= 15 is 0 Å². The van der Waals surface area contributed by atoms with Crippen LogP contribution in [-0.4, -0.2) is 18.2 Å². The molecule has 0 bridgehead atoms. The molecule has 1 rings (SSSR count). The molecule has 0 radical (unpaired) electrons. The average molecular weight is 265 g/mol. The third-order valence-electron chi connectivity index (χ3n) is 2.34. The summed E-state index contributed by atoms with van der Waals surface area (Å²) in [6, 6.07) is 1.08. The molecule has 6 heteroatoms. The lowest BCUT2D eigenvalue weighted by molar-refractivity contribution is -0.141. The maximum Gasteiger partial charge on any atom is 0.306 e. The fourth-order valence-electron chi connectivity index (χ4n) is 1.38. The van der Waals surface area contributed by atoms with Crippen molar-refractivity contribution < 1.29 is 23.4 Å². The summed E-state index contributed by atoms with van der Waals surface area (Å²) in [6.45, 7) is 1.42. The van der Waals surface area contributed by atoms with Crippen molar-refractivity contribution in [3.05, 3.63) is 28.3 Å². The van der Waals surface area contributed by atoms with E-state index in [9.17, 15) is 13.6 Å². The first-order valence-corrected chi connectivity index (χ1v) is 5.19. The summed E-state index contributed by atoms with van der Waals surface area (Å²) in [5.74, 6) is -4.36. The molecule has 1 aromatic rings. The van der Waals surface area contributed by atoms with Gasteiger partial charge in [-0.15, -0.1) is 0 Å². The number of carbonyl (C=O) groups is 1. The summed E-state index contributed by atoms with van der Waals surface area (Å²) >= 11 is 5.56. The normalized spacial score (nSPS) is 12.3. The Hall–Kier alpha value is -1.36. The Morgan fingerprint density at radius 1 is 1.53 bits per heavy atom. The second kappa shape index (κ2) is 5.31. The summed E-state index contributed by atoms with van der Waals surface area (Å²) in [6.07, 6.45) is -0.0858. The van der Waals surface area contributed by atoms with Crippen LogP contribution in [0.15, 0.2) is 6.07 Å². The molecule has 1 atom stereocenters. The van der Waals surface area contributed by atoms with Gasteiger partial charge < -0.3 is 9.84 Å². The van der Waals surface area contributed by atoms with Crippen LogP contribution in [0, 0.1) is 17.6 Å². The number of ether oxygens (including phenoxy) is 1. The third kappa shape index (κ3) is 2.85. The maximum atomic E-state index is 13.7. The number of halogens is 3. The molecule has 1 unspecified atom stereocenters. The number of rotatable bonds is 4. The van der Waals surface area contributed by atoms with Gasteiger partial charge in [0.2, 0.25) is 0 Å². The van der Waals surface area contributed by atoms with Crippen LogP contribution in [0.4, 0.5) is 8.78 Å². The SMILES string of the molecule is COc1c(F)c(Cl)cc(CC(C)C(=O)O)c1F. The van der Waals surface area contributed by atoms with Gasteiger partial charge in [0.05, 0.1) is 18.1 Å². The molecule has 94 valence electrons. The molecule has 0 amide bonds. The third-order valence-corrected chi connectivity index (χ3v) is 2.62. The van der Waals surface area contributed by atoms with Crippen LogP contribution in [0.3, 0.4) is 0 Å². The van der Waals surface area contributed by atoms with Gasteiger partial charge in [-0.2, -0.15) is 0 Å². The summed E-state index contributed by atoms with van der Waals surface area (Å²) in [7, 11) is 1.11. The van der Waals surface area contributed by atoms with Gasteiger partial charge in [-0.05, 0) is 18.1 Å². The van der Waals surface area contributed by atoms with Crippen molar-refractivity contribution in [2.24, 2.45) is 5.92 Å². The van der Waals surface area contributed by atoms with Gasteiger partial charge in [-0.3, -0.25) is 4.79 Å². The van der Waals surface area contributed by atoms with Crippen molar-refractivity contribution in [1.29, 1.82) is 0 Å². The Morgan fingerprint density at radius 2 is 2.12 bits per heavy atom. The molecule has 0 saturated heterocycles. The highest BCUT2D eigenvalue weighted by atomic mass is 35.5. The fourth-order valence-corrected chi connectivity index (χ4v) is 1.59. The lowest BCUT2D eigenvalue weighted by atomic mass is 10.0. The highest BCUT2D eigenvalue weighted by Gasteiger charge is 2.21. The Morgan fingerprint density at radius 3 is 2.59 bits per heavy atom. The Labute approximate surface area is 102 Å². The van der Waals surface area contributed by atoms with E-state index < -0.39 is 29.3 Å². The average Bonchev–Trinajstić information content (AvgIpc) is 2.26. The molecule has 0 spiro atoms. The predicted octanol–water partition coefficient (Wildman–Crippen LogP) is 2.89. The van der Waals surface area contributed by atoms with E-state index in [4.69, 9.17) is 16.7 Å². The molecular weight excluding hydrogens is 254 g/mol. The smallest absolute Gasteiger partial charge is 0.306 e. The summed E-state index contributed by atoms with van der Waals surface area (Å²) < 4.78 is 31.6. The minimum absolute atomic E-state index is 0.0168. The van der Waals surface area contributed by atoms with E-state index in [1.807, 2.05) is 0 Å². The Kier molecular flexibility index (Phi) is 4.28. The van der Waals surface area contributed by atoms with Crippen LogP contribution in [0.2, 0.25) is 5.02 Å². The number of aliphatic carboxylic acids is 1. The predicted molar refractivity (Wildman–Crippen MR) is 58.4 cm³/mol. The quantitative estimate of drug-likeness (QED) is 0.851. The molecule has 0 aromatic heterocycles. The second-order valence-corrected chi connectivity index (χ2v) is 4.03. The van der Waals surface area contributed by atoms with E-state index in [2.05, 4.69) is 4.74 Å². The zero-order valence-corrected chi connectivity index (χ0v) is 10.0. The summed E-state index contributed by atoms with van der Waals surface area (Å²) in [4.78, 5) is 10.7. The van der Waals surface area contributed by atoms with Crippen molar-refractivity contribution in [2.45, 2.75) is 13.3 Å². The van der Waals surface area contributed by atoms with Crippen molar-refractivity contribution in [2.75, 3.05) is 7.11 Å². The van der Waals surface area contributed by atoms with E-state index in [0.29, 0.717) is 0 Å². The van der Waals surface area contributed by atoms with Crippen molar-refractivity contribution in [1.82, 2.24) is 0 Å². The molecule has 0 aliphatic carbocycles. The van der Waals surface area contributed by atoms with Gasteiger partial charge in [0.1, 0.15) is 0 Å². The zero-order valence-electron chi connectivity index (χ0n) is 9.26. The van der Waals surface area contributed by atoms with Crippen LogP contribution in [0.1, 0.15) is 12.5 Å². The van der Waals surface area contributed by atoms with Gasteiger partial charge in [0, 0.05) is 0 Å². The fraction of sp³-hybridized carbons (Fsp3) is 0.364. The maximum absolute atomic E-state index is 13.7. The zero-order chi connectivity index (χ0) is 13.2. The van der Waals surface area contributed by atoms with Gasteiger partial charge in [-0.1, -0.05) is 18.5 Å². The first kappa shape index (κ1) is 13.7. The number of carboxylic acids is 1. The molecule has 1 N–H and O–H groups in total. The van der Waals surface area contributed by atoms with Crippen LogP contribution in [-0.2, 0) is 11.2 Å². The molecule has 0 heterocycles. The molecule has 0 aliphatic rings. The number of benzene rings is 1. The van der Waals surface area contributed by atoms with Crippen LogP contribution < -0.4 is 4.74 Å². The monoisotopic (exact) mass is 264 g/mol. The van der Waals surface area contributed by atoms with E-state index in [-0.39, 0.29) is 17.0 Å². The van der Waals surface area contributed by atoms with Gasteiger partial charge >= 0.3 is 5.97 Å². The van der Waals surface area contributed by atoms with Crippen molar-refractivity contribution >= 4 is 17.6 Å². The van der Waals surface area contributed by atoms with E-state index in [1.165, 1.54) is 6.92 Å². The minimum atomic E-state index is -1.07. The largest absolute Gasteiger partial charge is 0.491 e. The molecule has 0 fully saturated rings. The highest BCUT2D eigenvalue weighted by molar-refractivity contribution is 6.31. The highest BCUT2D eigenvalue weighted by Crippen LogP contribution is 2.31. The number of hydrogen-bond donors (Lipinski definition) is 1. The molecule has 0 saturated carbocycles. The summed E-state index contributed by atoms with van der Waals surface area (Å²) in [5, 5.41) is 8.43. The second-order valence-electron chi connectivity index (χ2n) is 3.62. The topological polar surface area (TPSA) is 46.5 Å². The number of methoxy groups -OCH3 is 1. The van der Waals surface area contributed by atoms with Gasteiger partial charge in [-0.25, -0.2) is 8.78 Å². The van der Waals surface area contributed by atoms with Crippen LogP contribution in [0.25, 0.3) is 0 Å². The van der Waals surface area contributed by atoms with Crippen molar-refractivity contribution in [3.63, 3.8) is 0 Å². The molecule has 3 nitrogen and oxygen atoms in total. The molecule has 1 aromatic carbocycles. The van der Waals surface area contributed by atoms with Crippen LogP contribution in [0.5, 0.6) is 5.75 Å². The first-order chi connectivity index (χ1) is 7.88. The van der Waals surface area contributed by atoms with E-state index in [0.717, 1.165) is 13.2 Å². The van der Waals surface area contributed by atoms with Gasteiger partial charge in [0.15, 0.2) is 17.4 Å². The Balaban J connectivity index is 3.17. The Bertz CT molecular complexity index is 449. The molecular formula is C11H11ClF2O3. The lowest BCUT2D eigenvalue weighted by Crippen LogP contribution is -2.13. The number of hydrogen-bond acceptors (Lipinski definition) is 2. The minimum Gasteiger partial charge on any atom is -0.491 e. The number of carboxylic acid groups (broad SMARTS) is 1. The van der Waals surface area contributed by atoms with E-state index in [1.54, 1.807) is 0 Å². The molecule has 17 heavy (non-hydrogen) atoms. The van der Waals surface area contributed by atoms with Gasteiger partial charge in [0.25, 0.3) is 0 Å².